The van der Waals surface area contributed by atoms with Crippen LogP contribution in [-0.2, 0) is 12.8 Å². The first-order valence-corrected chi connectivity index (χ1v) is 6.77. The predicted octanol–water partition coefficient (Wildman–Crippen LogP) is 3.49. The molecular weight excluding hydrogens is 202 g/mol. The first-order chi connectivity index (χ1) is 7.21. The van der Waals surface area contributed by atoms with Gasteiger partial charge in [-0.1, -0.05) is 20.8 Å². The maximum Gasteiger partial charge on any atom is 0.00905 e. The Bertz CT molecular complexity index is 276. The molecule has 2 atom stereocenters. The fraction of sp³-hybridized carbons (Fsp3) is 0.692. The van der Waals surface area contributed by atoms with Crippen LogP contribution in [0, 0.1) is 5.92 Å². The molecule has 1 rings (SSSR count). The Kier molecular flexibility index (Phi) is 5.34. The summed E-state index contributed by atoms with van der Waals surface area (Å²) in [4.78, 5) is 3.04. The van der Waals surface area contributed by atoms with Crippen LogP contribution < -0.4 is 5.32 Å². The summed E-state index contributed by atoms with van der Waals surface area (Å²) >= 11 is 1.97. The summed E-state index contributed by atoms with van der Waals surface area (Å²) in [5, 5.41) is 3.40. The van der Waals surface area contributed by atoms with Crippen molar-refractivity contribution in [1.29, 1.82) is 0 Å². The summed E-state index contributed by atoms with van der Waals surface area (Å²) in [6.45, 7) is 6.82. The molecule has 0 aliphatic heterocycles. The Balaban J connectivity index is 2.53. The Morgan fingerprint density at radius 1 is 1.27 bits per heavy atom. The lowest BCUT2D eigenvalue weighted by molar-refractivity contribution is 0.388. The minimum absolute atomic E-state index is 0.650. The Hall–Kier alpha value is -0.340. The van der Waals surface area contributed by atoms with Crippen molar-refractivity contribution in [2.24, 2.45) is 5.92 Å². The van der Waals surface area contributed by atoms with Crippen LogP contribution in [0.15, 0.2) is 12.1 Å². The molecule has 2 heteroatoms. The van der Waals surface area contributed by atoms with E-state index < -0.39 is 0 Å². The molecule has 0 aliphatic carbocycles. The molecule has 2 unspecified atom stereocenters. The van der Waals surface area contributed by atoms with Crippen molar-refractivity contribution in [3.63, 3.8) is 0 Å². The molecule has 1 N–H and O–H groups in total. The smallest absolute Gasteiger partial charge is 0.00905 e. The van der Waals surface area contributed by atoms with Gasteiger partial charge in [-0.15, -0.1) is 11.3 Å². The molecule has 0 bridgehead atoms. The van der Waals surface area contributed by atoms with Crippen molar-refractivity contribution in [2.45, 2.75) is 46.1 Å². The van der Waals surface area contributed by atoms with E-state index in [1.54, 1.807) is 0 Å². The fourth-order valence-electron chi connectivity index (χ4n) is 2.07. The van der Waals surface area contributed by atoms with Gasteiger partial charge in [-0.05, 0) is 44.4 Å². The second-order valence-electron chi connectivity index (χ2n) is 4.21. The highest BCUT2D eigenvalue weighted by molar-refractivity contribution is 7.11. The molecule has 1 aromatic heterocycles. The molecule has 0 saturated carbocycles. The Labute approximate surface area is 97.9 Å². The van der Waals surface area contributed by atoms with E-state index in [2.05, 4.69) is 45.3 Å². The van der Waals surface area contributed by atoms with Gasteiger partial charge < -0.3 is 5.32 Å². The maximum absolute atomic E-state index is 3.40. The first kappa shape index (κ1) is 12.7. The van der Waals surface area contributed by atoms with E-state index in [-0.39, 0.29) is 0 Å². The molecule has 0 amide bonds. The maximum atomic E-state index is 3.40. The number of hydrogen-bond acceptors (Lipinski definition) is 2. The molecular formula is C13H23NS. The summed E-state index contributed by atoms with van der Waals surface area (Å²) in [5.74, 6) is 0.725. The van der Waals surface area contributed by atoms with Crippen LogP contribution >= 0.6 is 11.3 Å². The molecule has 0 aliphatic rings. The summed E-state index contributed by atoms with van der Waals surface area (Å²) < 4.78 is 0. The zero-order valence-corrected chi connectivity index (χ0v) is 11.2. The topological polar surface area (TPSA) is 12.0 Å². The third-order valence-corrected chi connectivity index (χ3v) is 4.34. The summed E-state index contributed by atoms with van der Waals surface area (Å²) in [6, 6.07) is 5.22. The molecule has 15 heavy (non-hydrogen) atoms. The van der Waals surface area contributed by atoms with Gasteiger partial charge in [0.15, 0.2) is 0 Å². The van der Waals surface area contributed by atoms with Crippen LogP contribution in [0.25, 0.3) is 0 Å². The van der Waals surface area contributed by atoms with Crippen molar-refractivity contribution in [1.82, 2.24) is 5.32 Å². The van der Waals surface area contributed by atoms with Crippen molar-refractivity contribution in [3.05, 3.63) is 21.9 Å². The van der Waals surface area contributed by atoms with E-state index in [0.717, 1.165) is 5.92 Å². The molecule has 1 aromatic rings. The van der Waals surface area contributed by atoms with Crippen LogP contribution in [0.2, 0.25) is 0 Å². The van der Waals surface area contributed by atoms with Crippen molar-refractivity contribution < 1.29 is 0 Å². The van der Waals surface area contributed by atoms with Gasteiger partial charge in [0.25, 0.3) is 0 Å². The van der Waals surface area contributed by atoms with Crippen molar-refractivity contribution >= 4 is 11.3 Å². The Morgan fingerprint density at radius 3 is 2.40 bits per heavy atom. The van der Waals surface area contributed by atoms with Gasteiger partial charge >= 0.3 is 0 Å². The van der Waals surface area contributed by atoms with Gasteiger partial charge in [-0.3, -0.25) is 0 Å². The highest BCUT2D eigenvalue weighted by atomic mass is 32.1. The molecule has 0 spiro atoms. The summed E-state index contributed by atoms with van der Waals surface area (Å²) in [5.41, 5.74) is 0. The van der Waals surface area contributed by atoms with Crippen LogP contribution in [0.5, 0.6) is 0 Å². The number of thiophene rings is 1. The molecule has 86 valence electrons. The third-order valence-electron chi connectivity index (χ3n) is 3.09. The fourth-order valence-corrected chi connectivity index (χ4v) is 3.17. The van der Waals surface area contributed by atoms with Gasteiger partial charge in [-0.2, -0.15) is 0 Å². The number of aryl methyl sites for hydroxylation is 1. The summed E-state index contributed by atoms with van der Waals surface area (Å²) in [6.07, 6.45) is 3.59. The lowest BCUT2D eigenvalue weighted by atomic mass is 9.96. The van der Waals surface area contributed by atoms with E-state index in [1.807, 2.05) is 11.3 Å². The molecule has 1 nitrogen and oxygen atoms in total. The van der Waals surface area contributed by atoms with Gasteiger partial charge in [0.05, 0.1) is 0 Å². The quantitative estimate of drug-likeness (QED) is 0.781. The minimum atomic E-state index is 0.650. The largest absolute Gasteiger partial charge is 0.317 e. The third kappa shape index (κ3) is 3.62. The average molecular weight is 225 g/mol. The van der Waals surface area contributed by atoms with Gasteiger partial charge in [0.1, 0.15) is 0 Å². The van der Waals surface area contributed by atoms with E-state index >= 15 is 0 Å². The molecule has 0 radical (unpaired) electrons. The molecule has 1 heterocycles. The molecule has 0 aromatic carbocycles. The van der Waals surface area contributed by atoms with E-state index in [1.165, 1.54) is 29.0 Å². The van der Waals surface area contributed by atoms with Crippen molar-refractivity contribution in [3.8, 4) is 0 Å². The summed E-state index contributed by atoms with van der Waals surface area (Å²) in [7, 11) is 2.07. The number of hydrogen-bond donors (Lipinski definition) is 1. The highest BCUT2D eigenvalue weighted by Crippen LogP contribution is 2.22. The standard InChI is InChI=1S/C13H23NS/c1-5-11-7-8-12(15-11)9-10(3)13(6-2)14-4/h7-8,10,13-14H,5-6,9H2,1-4H3. The number of nitrogens with one attached hydrogen (secondary N) is 1. The van der Waals surface area contributed by atoms with Gasteiger partial charge in [-0.25, -0.2) is 0 Å². The molecule has 0 saturated heterocycles. The van der Waals surface area contributed by atoms with Gasteiger partial charge in [0, 0.05) is 15.8 Å². The molecule has 0 fully saturated rings. The number of rotatable bonds is 6. The van der Waals surface area contributed by atoms with E-state index in [9.17, 15) is 0 Å². The average Bonchev–Trinajstić information content (AvgIpc) is 2.67. The van der Waals surface area contributed by atoms with Crippen LogP contribution in [0.1, 0.15) is 36.9 Å². The normalized spacial score (nSPS) is 15.2. The zero-order valence-electron chi connectivity index (χ0n) is 10.3. The van der Waals surface area contributed by atoms with E-state index in [0.29, 0.717) is 6.04 Å². The second kappa shape index (κ2) is 6.29. The van der Waals surface area contributed by atoms with Crippen LogP contribution in [0.4, 0.5) is 0 Å². The highest BCUT2D eigenvalue weighted by Gasteiger charge is 2.14. The zero-order chi connectivity index (χ0) is 11.3. The van der Waals surface area contributed by atoms with Gasteiger partial charge in [0.2, 0.25) is 0 Å². The van der Waals surface area contributed by atoms with Crippen LogP contribution in [-0.4, -0.2) is 13.1 Å². The monoisotopic (exact) mass is 225 g/mol. The minimum Gasteiger partial charge on any atom is -0.317 e. The lowest BCUT2D eigenvalue weighted by Crippen LogP contribution is -2.32. The predicted molar refractivity (Wildman–Crippen MR) is 69.7 cm³/mol. The van der Waals surface area contributed by atoms with Crippen LogP contribution in [0.3, 0.4) is 0 Å². The second-order valence-corrected chi connectivity index (χ2v) is 5.46. The van der Waals surface area contributed by atoms with E-state index in [4.69, 9.17) is 0 Å². The van der Waals surface area contributed by atoms with Crippen molar-refractivity contribution in [2.75, 3.05) is 7.05 Å². The SMILES string of the molecule is CCc1ccc(CC(C)C(CC)NC)s1. The first-order valence-electron chi connectivity index (χ1n) is 5.96. The Morgan fingerprint density at radius 2 is 1.93 bits per heavy atom. The lowest BCUT2D eigenvalue weighted by Gasteiger charge is -2.21.